The molecule has 0 saturated carbocycles. The van der Waals surface area contributed by atoms with Crippen LogP contribution in [0.4, 0.5) is 4.39 Å². The standard InChI is InChI=1S/C27H29BrFN3O3S/c28-25-6-2-1-5-24(25)27(34)31(12-11-30-13-15-35-16-14-30)20-26(33)32(19-23-4-3-17-36-23)18-21-7-9-22(29)10-8-21/h1-10,17H,11-16,18-20H2. The van der Waals surface area contributed by atoms with Gasteiger partial charge in [0.25, 0.3) is 5.91 Å². The first-order valence-electron chi connectivity index (χ1n) is 11.9. The Hall–Kier alpha value is -2.59. The molecule has 2 heterocycles. The zero-order chi connectivity index (χ0) is 25.3. The second kappa shape index (κ2) is 13.1. The number of carbonyl (C=O) groups excluding carboxylic acids is 2. The lowest BCUT2D eigenvalue weighted by atomic mass is 10.2. The van der Waals surface area contributed by atoms with Crippen LogP contribution in [0.3, 0.4) is 0 Å². The van der Waals surface area contributed by atoms with Crippen molar-refractivity contribution in [2.45, 2.75) is 13.1 Å². The summed E-state index contributed by atoms with van der Waals surface area (Å²) < 4.78 is 19.6. The van der Waals surface area contributed by atoms with Gasteiger partial charge < -0.3 is 14.5 Å². The first-order chi connectivity index (χ1) is 17.5. The fraction of sp³-hybridized carbons (Fsp3) is 0.333. The molecule has 0 spiro atoms. The molecule has 190 valence electrons. The Morgan fingerprint density at radius 3 is 2.42 bits per heavy atom. The number of hydrogen-bond donors (Lipinski definition) is 0. The van der Waals surface area contributed by atoms with Gasteiger partial charge >= 0.3 is 0 Å². The maximum Gasteiger partial charge on any atom is 0.255 e. The van der Waals surface area contributed by atoms with Crippen molar-refractivity contribution < 1.29 is 18.7 Å². The lowest BCUT2D eigenvalue weighted by molar-refractivity contribution is -0.133. The molecule has 9 heteroatoms. The molecule has 2 aromatic carbocycles. The second-order valence-corrected chi connectivity index (χ2v) is 10.5. The molecule has 2 amide bonds. The molecule has 4 rings (SSSR count). The van der Waals surface area contributed by atoms with Crippen molar-refractivity contribution in [2.75, 3.05) is 45.9 Å². The van der Waals surface area contributed by atoms with Crippen LogP contribution in [0.25, 0.3) is 0 Å². The van der Waals surface area contributed by atoms with Crippen molar-refractivity contribution in [3.05, 3.63) is 92.3 Å². The summed E-state index contributed by atoms with van der Waals surface area (Å²) in [7, 11) is 0. The van der Waals surface area contributed by atoms with E-state index in [0.29, 0.717) is 49.4 Å². The molecule has 3 aromatic rings. The van der Waals surface area contributed by atoms with Crippen LogP contribution >= 0.6 is 27.3 Å². The van der Waals surface area contributed by atoms with E-state index in [1.54, 1.807) is 39.3 Å². The molecule has 36 heavy (non-hydrogen) atoms. The van der Waals surface area contributed by atoms with Gasteiger partial charge in [-0.05, 0) is 57.2 Å². The molecule has 1 fully saturated rings. The van der Waals surface area contributed by atoms with E-state index in [1.807, 2.05) is 35.7 Å². The van der Waals surface area contributed by atoms with Crippen LogP contribution in [0.1, 0.15) is 20.8 Å². The average Bonchev–Trinajstić information content (AvgIpc) is 3.41. The Morgan fingerprint density at radius 1 is 0.972 bits per heavy atom. The molecule has 1 aliphatic rings. The minimum absolute atomic E-state index is 0.0446. The van der Waals surface area contributed by atoms with E-state index in [2.05, 4.69) is 20.8 Å². The number of hydrogen-bond acceptors (Lipinski definition) is 5. The van der Waals surface area contributed by atoms with Gasteiger partial charge in [0.15, 0.2) is 0 Å². The Bertz CT molecular complexity index is 1140. The Balaban J connectivity index is 1.53. The first kappa shape index (κ1) is 26.5. The van der Waals surface area contributed by atoms with E-state index in [-0.39, 0.29) is 24.2 Å². The maximum atomic E-state index is 13.6. The summed E-state index contributed by atoms with van der Waals surface area (Å²) in [5.41, 5.74) is 1.36. The van der Waals surface area contributed by atoms with Crippen LogP contribution < -0.4 is 0 Å². The molecular weight excluding hydrogens is 545 g/mol. The van der Waals surface area contributed by atoms with E-state index in [9.17, 15) is 14.0 Å². The summed E-state index contributed by atoms with van der Waals surface area (Å²) in [6.45, 7) is 4.75. The summed E-state index contributed by atoms with van der Waals surface area (Å²) in [4.78, 5) is 33.8. The predicted molar refractivity (Wildman–Crippen MR) is 142 cm³/mol. The van der Waals surface area contributed by atoms with Gasteiger partial charge in [-0.25, -0.2) is 4.39 Å². The number of amides is 2. The number of benzene rings is 2. The molecule has 1 aliphatic heterocycles. The van der Waals surface area contributed by atoms with Gasteiger partial charge in [-0.3, -0.25) is 14.5 Å². The first-order valence-corrected chi connectivity index (χ1v) is 13.6. The summed E-state index contributed by atoms with van der Waals surface area (Å²) in [5, 5.41) is 1.97. The minimum atomic E-state index is -0.316. The van der Waals surface area contributed by atoms with Crippen LogP contribution in [-0.2, 0) is 22.6 Å². The molecule has 0 N–H and O–H groups in total. The Morgan fingerprint density at radius 2 is 1.72 bits per heavy atom. The van der Waals surface area contributed by atoms with Gasteiger partial charge in [-0.1, -0.05) is 30.3 Å². The van der Waals surface area contributed by atoms with E-state index in [1.165, 1.54) is 12.1 Å². The van der Waals surface area contributed by atoms with Crippen LogP contribution in [0, 0.1) is 5.82 Å². The fourth-order valence-electron chi connectivity index (χ4n) is 4.04. The highest BCUT2D eigenvalue weighted by atomic mass is 79.9. The lowest BCUT2D eigenvalue weighted by Gasteiger charge is -2.31. The zero-order valence-corrected chi connectivity index (χ0v) is 22.3. The number of ether oxygens (including phenoxy) is 1. The number of rotatable bonds is 10. The number of thiophene rings is 1. The SMILES string of the molecule is O=C(CN(CCN1CCOCC1)C(=O)c1ccccc1Br)N(Cc1ccc(F)cc1)Cc1cccs1. The number of halogens is 2. The molecule has 6 nitrogen and oxygen atoms in total. The molecule has 1 aromatic heterocycles. The summed E-state index contributed by atoms with van der Waals surface area (Å²) in [5.74, 6) is -0.666. The van der Waals surface area contributed by atoms with Crippen molar-refractivity contribution in [1.29, 1.82) is 0 Å². The monoisotopic (exact) mass is 573 g/mol. The minimum Gasteiger partial charge on any atom is -0.379 e. The zero-order valence-electron chi connectivity index (χ0n) is 19.9. The number of nitrogens with zero attached hydrogens (tertiary/aromatic N) is 3. The van der Waals surface area contributed by atoms with Gasteiger partial charge in [0, 0.05) is 42.1 Å². The highest BCUT2D eigenvalue weighted by Crippen LogP contribution is 2.20. The largest absolute Gasteiger partial charge is 0.379 e. The normalized spacial score (nSPS) is 13.9. The Kier molecular flexibility index (Phi) is 9.63. The van der Waals surface area contributed by atoms with E-state index in [0.717, 1.165) is 23.5 Å². The fourth-order valence-corrected chi connectivity index (χ4v) is 5.21. The average molecular weight is 575 g/mol. The summed E-state index contributed by atoms with van der Waals surface area (Å²) in [6, 6.07) is 17.4. The predicted octanol–water partition coefficient (Wildman–Crippen LogP) is 4.65. The number of carbonyl (C=O) groups is 2. The third kappa shape index (κ3) is 7.46. The van der Waals surface area contributed by atoms with Gasteiger partial charge in [-0.15, -0.1) is 11.3 Å². The highest BCUT2D eigenvalue weighted by molar-refractivity contribution is 9.10. The van der Waals surface area contributed by atoms with Crippen molar-refractivity contribution in [1.82, 2.24) is 14.7 Å². The van der Waals surface area contributed by atoms with Crippen molar-refractivity contribution in [3.63, 3.8) is 0 Å². The van der Waals surface area contributed by atoms with Crippen molar-refractivity contribution in [2.24, 2.45) is 0 Å². The molecule has 0 radical (unpaired) electrons. The summed E-state index contributed by atoms with van der Waals surface area (Å²) in [6.07, 6.45) is 0. The van der Waals surface area contributed by atoms with Crippen LogP contribution in [0.15, 0.2) is 70.5 Å². The molecule has 0 atom stereocenters. The molecule has 0 aliphatic carbocycles. The van der Waals surface area contributed by atoms with Crippen molar-refractivity contribution in [3.8, 4) is 0 Å². The quantitative estimate of drug-likeness (QED) is 0.354. The van der Waals surface area contributed by atoms with Crippen molar-refractivity contribution >= 4 is 39.1 Å². The van der Waals surface area contributed by atoms with Gasteiger partial charge in [0.05, 0.1) is 25.3 Å². The second-order valence-electron chi connectivity index (χ2n) is 8.62. The highest BCUT2D eigenvalue weighted by Gasteiger charge is 2.25. The van der Waals surface area contributed by atoms with Gasteiger partial charge in [0.2, 0.25) is 5.91 Å². The summed E-state index contributed by atoms with van der Waals surface area (Å²) >= 11 is 5.05. The van der Waals surface area contributed by atoms with E-state index >= 15 is 0 Å². The van der Waals surface area contributed by atoms with Gasteiger partial charge in [0.1, 0.15) is 12.4 Å². The van der Waals surface area contributed by atoms with E-state index in [4.69, 9.17) is 4.74 Å². The maximum absolute atomic E-state index is 13.6. The molecular formula is C27H29BrFN3O3S. The Labute approximate surface area is 223 Å². The van der Waals surface area contributed by atoms with Crippen LogP contribution in [0.2, 0.25) is 0 Å². The van der Waals surface area contributed by atoms with E-state index < -0.39 is 0 Å². The smallest absolute Gasteiger partial charge is 0.255 e. The third-order valence-corrected chi connectivity index (χ3v) is 7.63. The van der Waals surface area contributed by atoms with Crippen LogP contribution in [0.5, 0.6) is 0 Å². The molecule has 0 unspecified atom stereocenters. The van der Waals surface area contributed by atoms with Gasteiger partial charge in [-0.2, -0.15) is 0 Å². The molecule has 1 saturated heterocycles. The topological polar surface area (TPSA) is 53.1 Å². The number of morpholine rings is 1. The van der Waals surface area contributed by atoms with Crippen LogP contribution in [-0.4, -0.2) is 72.5 Å². The molecule has 0 bridgehead atoms. The lowest BCUT2D eigenvalue weighted by Crippen LogP contribution is -2.47. The third-order valence-electron chi connectivity index (χ3n) is 6.07.